The molecule has 0 unspecified atom stereocenters. The van der Waals surface area contributed by atoms with E-state index in [1.165, 1.54) is 0 Å². The molecule has 0 aliphatic rings. The van der Waals surface area contributed by atoms with Crippen LogP contribution >= 0.6 is 0 Å². The quantitative estimate of drug-likeness (QED) is 0.442. The normalized spacial score (nSPS) is 3.43. The Bertz CT molecular complexity index is 27.9. The Morgan fingerprint density at radius 3 is 1.00 bits per heavy atom. The number of aliphatic hydroxyl groups excluding tert-OH is 2. The minimum Gasteiger partial charge on any atom is -0.516 e. The van der Waals surface area contributed by atoms with Crippen LogP contribution in [0.1, 0.15) is 0 Å². The van der Waals surface area contributed by atoms with E-state index in [-0.39, 0.29) is 5.48 Å². The summed E-state index contributed by atoms with van der Waals surface area (Å²) in [6, 6.07) is 0. The van der Waals surface area contributed by atoms with Crippen molar-refractivity contribution < 1.29 is 15.7 Å². The van der Waals surface area contributed by atoms with Gasteiger partial charge in [0.2, 0.25) is 0 Å². The van der Waals surface area contributed by atoms with Crippen LogP contribution in [0.5, 0.6) is 0 Å². The predicted octanol–water partition coefficient (Wildman–Crippen LogP) is 0.551. The minimum absolute atomic E-state index is 0. The largest absolute Gasteiger partial charge is 0.516 e. The van der Waals surface area contributed by atoms with E-state index in [4.69, 9.17) is 10.2 Å². The Kier molecular flexibility index (Phi) is 180. The molecule has 0 bridgehead atoms. The second kappa shape index (κ2) is 76.1. The molecule has 0 atom stereocenters. The van der Waals surface area contributed by atoms with E-state index < -0.39 is 0 Å². The van der Waals surface area contributed by atoms with Gasteiger partial charge in [0.25, 0.3) is 0 Å². The van der Waals surface area contributed by atoms with Gasteiger partial charge in [0.05, 0.1) is 12.5 Å². The maximum atomic E-state index is 7.33. The van der Waals surface area contributed by atoms with Crippen LogP contribution in [0.4, 0.5) is 0 Å². The lowest BCUT2D eigenvalue weighted by Crippen LogP contribution is -1.25. The second-order valence-electron chi connectivity index (χ2n) is 0.365. The van der Waals surface area contributed by atoms with Crippen LogP contribution < -0.4 is 0 Å². The van der Waals surface area contributed by atoms with Gasteiger partial charge in [0, 0.05) is 0 Å². The predicted molar refractivity (Wildman–Crippen MR) is 29.3 cm³/mol. The summed E-state index contributed by atoms with van der Waals surface area (Å²) in [6.45, 7) is 5.83. The van der Waals surface area contributed by atoms with Gasteiger partial charge in [-0.2, -0.15) is 0 Å². The number of hydrogen-bond acceptors (Lipinski definition) is 2. The summed E-state index contributed by atoms with van der Waals surface area (Å²) in [5.74, 6) is 0. The van der Waals surface area contributed by atoms with Gasteiger partial charge in [-0.05, 0) is 0 Å². The van der Waals surface area contributed by atoms with Crippen molar-refractivity contribution in [2.75, 3.05) is 0 Å². The molecule has 0 rings (SSSR count). The molecule has 0 fully saturated rings. The van der Waals surface area contributed by atoms with Crippen molar-refractivity contribution in [2.24, 2.45) is 0 Å². The van der Waals surface area contributed by atoms with Crippen molar-refractivity contribution in [1.82, 2.24) is 0 Å². The molecule has 0 aromatic rings. The summed E-state index contributed by atoms with van der Waals surface area (Å²) >= 11 is 0. The van der Waals surface area contributed by atoms with Crippen molar-refractivity contribution in [3.8, 4) is 0 Å². The minimum atomic E-state index is 0. The van der Waals surface area contributed by atoms with Crippen molar-refractivity contribution in [2.45, 2.75) is 0 Å². The van der Waals surface area contributed by atoms with Crippen molar-refractivity contribution >= 4 is 0 Å². The zero-order valence-electron chi connectivity index (χ0n) is 3.96. The first-order valence-corrected chi connectivity index (χ1v) is 1.33. The smallest absolute Gasteiger partial charge is 0.0719 e. The molecule has 0 aliphatic carbocycles. The van der Waals surface area contributed by atoms with Crippen LogP contribution in [-0.2, 0) is 0 Å². The van der Waals surface area contributed by atoms with Gasteiger partial charge in [0.15, 0.2) is 0 Å². The van der Waals surface area contributed by atoms with Crippen LogP contribution in [-0.4, -0.2) is 15.7 Å². The zero-order chi connectivity index (χ0) is 5.41. The van der Waals surface area contributed by atoms with Gasteiger partial charge in [-0.15, -0.1) is 0 Å². The molecule has 0 radical (unpaired) electrons. The average molecular weight is 106 g/mol. The van der Waals surface area contributed by atoms with Crippen LogP contribution in [0.25, 0.3) is 0 Å². The van der Waals surface area contributed by atoms with Gasteiger partial charge in [0.1, 0.15) is 0 Å². The van der Waals surface area contributed by atoms with Crippen LogP contribution in [0.2, 0.25) is 0 Å². The first-order chi connectivity index (χ1) is 2.83. The van der Waals surface area contributed by atoms with Gasteiger partial charge in [-0.3, -0.25) is 0 Å². The fraction of sp³-hybridized carbons (Fsp3) is 0. The fourth-order valence-electron chi connectivity index (χ4n) is 0. The van der Waals surface area contributed by atoms with Gasteiger partial charge in [-0.25, -0.2) is 0 Å². The lowest BCUT2D eigenvalue weighted by atomic mass is 11.2. The first kappa shape index (κ1) is 16.6. The molecular formula is C4H10O3. The van der Waals surface area contributed by atoms with Crippen molar-refractivity contribution in [3.63, 3.8) is 0 Å². The molecule has 0 aliphatic heterocycles. The summed E-state index contributed by atoms with van der Waals surface area (Å²) < 4.78 is 0. The lowest BCUT2D eigenvalue weighted by Gasteiger charge is -1.41. The Labute approximate surface area is 42.5 Å². The maximum Gasteiger partial charge on any atom is 0.0719 e. The third kappa shape index (κ3) is 50.5. The standard InChI is InChI=1S/2C2H4O.H2O/c2*1-2-3;/h2*2-3H,1H2;1H2. The van der Waals surface area contributed by atoms with E-state index in [9.17, 15) is 0 Å². The molecule has 4 N–H and O–H groups in total. The second-order valence-corrected chi connectivity index (χ2v) is 0.365. The van der Waals surface area contributed by atoms with Crippen molar-refractivity contribution in [1.29, 1.82) is 0 Å². The van der Waals surface area contributed by atoms with E-state index >= 15 is 0 Å². The highest BCUT2D eigenvalue weighted by Gasteiger charge is 1.11. The monoisotopic (exact) mass is 106 g/mol. The average Bonchev–Trinajstić information content (AvgIpc) is 1.39. The molecule has 0 saturated heterocycles. The summed E-state index contributed by atoms with van der Waals surface area (Å²) in [5, 5.41) is 14.7. The van der Waals surface area contributed by atoms with Crippen molar-refractivity contribution in [3.05, 3.63) is 25.7 Å². The van der Waals surface area contributed by atoms with E-state index in [0.717, 1.165) is 12.5 Å². The Morgan fingerprint density at radius 1 is 1.00 bits per heavy atom. The molecule has 0 aromatic heterocycles. The SMILES string of the molecule is C=CO.C=CO.O. The van der Waals surface area contributed by atoms with Gasteiger partial charge in [-0.1, -0.05) is 13.2 Å². The lowest BCUT2D eigenvalue weighted by molar-refractivity contribution is 0.475. The molecule has 0 heterocycles. The number of hydrogen-bond donors (Lipinski definition) is 2. The molecule has 3 nitrogen and oxygen atoms in total. The molecule has 0 saturated carbocycles. The maximum absolute atomic E-state index is 7.33. The molecule has 44 valence electrons. The molecule has 7 heavy (non-hydrogen) atoms. The van der Waals surface area contributed by atoms with E-state index in [1.54, 1.807) is 0 Å². The zero-order valence-corrected chi connectivity index (χ0v) is 3.96. The van der Waals surface area contributed by atoms with Gasteiger partial charge < -0.3 is 15.7 Å². The third-order valence-corrected chi connectivity index (χ3v) is 0. The number of aliphatic hydroxyl groups is 2. The molecule has 0 amide bonds. The molecular weight excluding hydrogens is 96.0 g/mol. The summed E-state index contributed by atoms with van der Waals surface area (Å²) in [4.78, 5) is 0. The highest BCUT2D eigenvalue weighted by molar-refractivity contribution is 4.38. The fourth-order valence-corrected chi connectivity index (χ4v) is 0. The third-order valence-electron chi connectivity index (χ3n) is 0. The van der Waals surface area contributed by atoms with Crippen LogP contribution in [0, 0.1) is 0 Å². The summed E-state index contributed by atoms with van der Waals surface area (Å²) in [5.41, 5.74) is 0. The Hall–Kier alpha value is -0.960. The summed E-state index contributed by atoms with van der Waals surface area (Å²) in [6.07, 6.45) is 1.50. The highest BCUT2D eigenvalue weighted by Crippen LogP contribution is 1.26. The summed E-state index contributed by atoms with van der Waals surface area (Å²) in [7, 11) is 0. The number of rotatable bonds is 0. The topological polar surface area (TPSA) is 72.0 Å². The Balaban J connectivity index is -0.0000000400. The van der Waals surface area contributed by atoms with Crippen LogP contribution in [0.15, 0.2) is 25.7 Å². The van der Waals surface area contributed by atoms with Gasteiger partial charge >= 0.3 is 0 Å². The highest BCUT2D eigenvalue weighted by atomic mass is 16.2. The van der Waals surface area contributed by atoms with E-state index in [1.807, 2.05) is 0 Å². The van der Waals surface area contributed by atoms with E-state index in [0.29, 0.717) is 0 Å². The Morgan fingerprint density at radius 2 is 1.00 bits per heavy atom. The van der Waals surface area contributed by atoms with Crippen LogP contribution in [0.3, 0.4) is 0 Å². The molecule has 0 aromatic carbocycles. The molecule has 3 heteroatoms. The van der Waals surface area contributed by atoms with E-state index in [2.05, 4.69) is 13.2 Å². The first-order valence-electron chi connectivity index (χ1n) is 1.33. The molecule has 0 spiro atoms.